The number of halogens is 4. The number of nitrogens with zero attached hydrogens (tertiary/aromatic N) is 3. The summed E-state index contributed by atoms with van der Waals surface area (Å²) in [6, 6.07) is 5.44. The van der Waals surface area contributed by atoms with Gasteiger partial charge in [0, 0.05) is 0 Å². The lowest BCUT2D eigenvalue weighted by atomic mass is 10.1. The quantitative estimate of drug-likeness (QED) is 0.586. The monoisotopic (exact) mass is 315 g/mol. The maximum Gasteiger partial charge on any atom is 0.254 e. The van der Waals surface area contributed by atoms with E-state index in [2.05, 4.69) is 13.7 Å². The molecule has 0 aliphatic heterocycles. The minimum atomic E-state index is -1.75. The zero-order valence-electron chi connectivity index (χ0n) is 11.0. The third kappa shape index (κ3) is 3.15. The second kappa shape index (κ2) is 6.13. The van der Waals surface area contributed by atoms with Crippen molar-refractivity contribution in [3.63, 3.8) is 0 Å². The molecule has 0 amide bonds. The smallest absolute Gasteiger partial charge is 0.199 e. The van der Waals surface area contributed by atoms with Crippen LogP contribution in [0.25, 0.3) is 0 Å². The molecule has 2 aromatic rings. The highest BCUT2D eigenvalue weighted by atomic mass is 32.1. The summed E-state index contributed by atoms with van der Waals surface area (Å²) in [6.07, 6.45) is 0. The number of benzene rings is 1. The summed E-state index contributed by atoms with van der Waals surface area (Å²) < 4.78 is 59.9. The normalized spacial score (nSPS) is 10.4. The topological polar surface area (TPSA) is 37.6 Å². The van der Waals surface area contributed by atoms with Crippen molar-refractivity contribution in [2.75, 3.05) is 0 Å². The van der Waals surface area contributed by atoms with Crippen LogP contribution in [0.1, 0.15) is 11.1 Å². The van der Waals surface area contributed by atoms with Crippen LogP contribution in [0.2, 0.25) is 0 Å². The van der Waals surface area contributed by atoms with Crippen molar-refractivity contribution >= 4 is 22.7 Å². The number of aryl methyl sites for hydroxylation is 2. The van der Waals surface area contributed by atoms with Crippen LogP contribution in [0.3, 0.4) is 0 Å². The van der Waals surface area contributed by atoms with Crippen LogP contribution in [0.4, 0.5) is 28.9 Å². The molecule has 21 heavy (non-hydrogen) atoms. The molecule has 1 heterocycles. The number of hydrogen-bond acceptors (Lipinski definition) is 3. The van der Waals surface area contributed by atoms with Crippen molar-refractivity contribution in [2.45, 2.75) is 13.8 Å². The van der Waals surface area contributed by atoms with Gasteiger partial charge in [-0.2, -0.15) is 31.3 Å². The number of hydrogen-bond donors (Lipinski definition) is 0. The summed E-state index contributed by atoms with van der Waals surface area (Å²) in [5.74, 6) is -6.81. The third-order valence-corrected chi connectivity index (χ3v) is 3.21. The van der Waals surface area contributed by atoms with E-state index in [1.165, 1.54) is 0 Å². The summed E-state index contributed by atoms with van der Waals surface area (Å²) in [5.41, 5.74) is 1.18. The Bertz CT molecular complexity index is 724. The fourth-order valence-electron chi connectivity index (χ4n) is 1.61. The molecule has 0 atom stereocenters. The average Bonchev–Trinajstić information content (AvgIpc) is 2.43. The van der Waals surface area contributed by atoms with Gasteiger partial charge in [0.15, 0.2) is 5.69 Å². The first-order valence-electron chi connectivity index (χ1n) is 5.76. The largest absolute Gasteiger partial charge is 0.254 e. The average molecular weight is 315 g/mol. The van der Waals surface area contributed by atoms with Gasteiger partial charge in [-0.3, -0.25) is 0 Å². The Balaban J connectivity index is 2.50. The number of rotatable bonds is 2. The van der Waals surface area contributed by atoms with Crippen molar-refractivity contribution < 1.29 is 17.6 Å². The molecule has 0 aliphatic rings. The van der Waals surface area contributed by atoms with E-state index in [-0.39, 0.29) is 0 Å². The van der Waals surface area contributed by atoms with E-state index in [0.717, 1.165) is 11.1 Å². The van der Waals surface area contributed by atoms with E-state index in [9.17, 15) is 17.6 Å². The molecule has 0 spiro atoms. The van der Waals surface area contributed by atoms with Crippen molar-refractivity contribution in [3.8, 4) is 0 Å². The Morgan fingerprint density at radius 3 is 1.86 bits per heavy atom. The molecule has 110 valence electrons. The van der Waals surface area contributed by atoms with Gasteiger partial charge in [0.25, 0.3) is 11.9 Å². The predicted molar refractivity (Wildman–Crippen MR) is 71.5 cm³/mol. The van der Waals surface area contributed by atoms with Gasteiger partial charge in [0.1, 0.15) is 0 Å². The zero-order valence-corrected chi connectivity index (χ0v) is 11.8. The van der Waals surface area contributed by atoms with Crippen molar-refractivity contribution in [2.24, 2.45) is 8.73 Å². The SMILES string of the molecule is Cc1cccc(C)c1N=S=Nc1c(F)c(F)nc(F)c1F. The lowest BCUT2D eigenvalue weighted by molar-refractivity contribution is 0.410. The highest BCUT2D eigenvalue weighted by Crippen LogP contribution is 2.26. The highest BCUT2D eigenvalue weighted by Gasteiger charge is 2.20. The maximum atomic E-state index is 13.3. The molecule has 0 saturated heterocycles. The van der Waals surface area contributed by atoms with Crippen LogP contribution in [0.15, 0.2) is 26.9 Å². The molecule has 0 saturated carbocycles. The van der Waals surface area contributed by atoms with Gasteiger partial charge in [-0.25, -0.2) is 0 Å². The van der Waals surface area contributed by atoms with Crippen molar-refractivity contribution in [3.05, 3.63) is 52.9 Å². The van der Waals surface area contributed by atoms with Crippen molar-refractivity contribution in [1.82, 2.24) is 4.98 Å². The maximum absolute atomic E-state index is 13.3. The van der Waals surface area contributed by atoms with Gasteiger partial charge in [-0.05, 0) is 25.0 Å². The summed E-state index contributed by atoms with van der Waals surface area (Å²) in [6.45, 7) is 3.61. The van der Waals surface area contributed by atoms with Crippen LogP contribution in [0, 0.1) is 37.4 Å². The van der Waals surface area contributed by atoms with Gasteiger partial charge in [0.2, 0.25) is 11.6 Å². The molecule has 0 bridgehead atoms. The first-order chi connectivity index (χ1) is 9.91. The fourth-order valence-corrected chi connectivity index (χ4v) is 2.26. The van der Waals surface area contributed by atoms with E-state index in [4.69, 9.17) is 0 Å². The molecule has 3 nitrogen and oxygen atoms in total. The van der Waals surface area contributed by atoms with E-state index in [1.807, 2.05) is 6.07 Å². The first kappa shape index (κ1) is 15.3. The van der Waals surface area contributed by atoms with Gasteiger partial charge in [-0.1, -0.05) is 18.2 Å². The number of pyridine rings is 1. The summed E-state index contributed by atoms with van der Waals surface area (Å²) in [7, 11) is 0. The van der Waals surface area contributed by atoms with E-state index in [0.29, 0.717) is 17.0 Å². The molecular formula is C13H9F4N3S. The molecule has 0 fully saturated rings. The molecule has 1 aromatic heterocycles. The molecule has 0 aliphatic carbocycles. The molecule has 8 heteroatoms. The Labute approximate surface area is 121 Å². The van der Waals surface area contributed by atoms with Crippen LogP contribution in [0.5, 0.6) is 0 Å². The lowest BCUT2D eigenvalue weighted by Crippen LogP contribution is -1.98. The lowest BCUT2D eigenvalue weighted by Gasteiger charge is -2.01. The summed E-state index contributed by atoms with van der Waals surface area (Å²) in [5, 5.41) is 0. The highest BCUT2D eigenvalue weighted by molar-refractivity contribution is 7.57. The van der Waals surface area contributed by atoms with Gasteiger partial charge in [0.05, 0.1) is 17.0 Å². The van der Waals surface area contributed by atoms with E-state index in [1.54, 1.807) is 26.0 Å². The standard InChI is InChI=1S/C13H9F4N3S/c1-6-4-3-5-7(2)10(6)19-21-20-11-8(14)12(16)18-13(17)9(11)15/h3-5H,1-2H3. The predicted octanol–water partition coefficient (Wildman–Crippen LogP) is 4.67. The molecule has 1 aromatic carbocycles. The Kier molecular flexibility index (Phi) is 4.46. The molecule has 0 radical (unpaired) electrons. The first-order valence-corrected chi connectivity index (χ1v) is 6.49. The Hall–Kier alpha value is -2.09. The van der Waals surface area contributed by atoms with Gasteiger partial charge < -0.3 is 0 Å². The zero-order chi connectivity index (χ0) is 15.6. The van der Waals surface area contributed by atoms with Gasteiger partial charge in [-0.15, -0.1) is 0 Å². The minimum Gasteiger partial charge on any atom is -0.199 e. The van der Waals surface area contributed by atoms with Crippen LogP contribution >= 0.6 is 0 Å². The summed E-state index contributed by atoms with van der Waals surface area (Å²) in [4.78, 5) is 2.44. The molecule has 0 unspecified atom stereocenters. The van der Waals surface area contributed by atoms with Gasteiger partial charge >= 0.3 is 0 Å². The molecule has 0 N–H and O–H groups in total. The third-order valence-electron chi connectivity index (χ3n) is 2.68. The Morgan fingerprint density at radius 1 is 0.857 bits per heavy atom. The van der Waals surface area contributed by atoms with E-state index >= 15 is 0 Å². The second-order valence-corrected chi connectivity index (χ2v) is 4.70. The second-order valence-electron chi connectivity index (χ2n) is 4.17. The van der Waals surface area contributed by atoms with Crippen LogP contribution < -0.4 is 0 Å². The van der Waals surface area contributed by atoms with Crippen LogP contribution in [-0.4, -0.2) is 4.98 Å². The van der Waals surface area contributed by atoms with Crippen molar-refractivity contribution in [1.29, 1.82) is 0 Å². The van der Waals surface area contributed by atoms with E-state index < -0.39 is 29.2 Å². The molecular weight excluding hydrogens is 306 g/mol. The minimum absolute atomic E-state index is 0.442. The van der Waals surface area contributed by atoms with Crippen LogP contribution in [-0.2, 0) is 11.4 Å². The number of aromatic nitrogens is 1. The summed E-state index contributed by atoms with van der Waals surface area (Å²) >= 11 is 0.442. The fraction of sp³-hybridized carbons (Fsp3) is 0.154. The molecule has 2 rings (SSSR count). The Morgan fingerprint density at radius 2 is 1.33 bits per heavy atom.